The number of para-hydroxylation sites is 1. The van der Waals surface area contributed by atoms with Crippen LogP contribution >= 0.6 is 11.6 Å². The van der Waals surface area contributed by atoms with E-state index in [9.17, 15) is 4.79 Å². The number of benzene rings is 1. The van der Waals surface area contributed by atoms with Gasteiger partial charge in [-0.2, -0.15) is 5.10 Å². The van der Waals surface area contributed by atoms with Gasteiger partial charge < -0.3 is 14.4 Å². The summed E-state index contributed by atoms with van der Waals surface area (Å²) in [6.07, 6.45) is 3.61. The van der Waals surface area contributed by atoms with Crippen molar-refractivity contribution in [3.8, 4) is 5.69 Å². The Labute approximate surface area is 157 Å². The Morgan fingerprint density at radius 3 is 2.73 bits per heavy atom. The fraction of sp³-hybridized carbons (Fsp3) is 0.474. The smallest absolute Gasteiger partial charge is 0.274 e. The lowest BCUT2D eigenvalue weighted by atomic mass is 9.80. The first-order valence-electron chi connectivity index (χ1n) is 8.92. The van der Waals surface area contributed by atoms with Gasteiger partial charge in [-0.25, -0.2) is 4.68 Å². The lowest BCUT2D eigenvalue weighted by Crippen LogP contribution is -2.44. The molecule has 0 radical (unpaired) electrons. The average Bonchev–Trinajstić information content (AvgIpc) is 3.06. The third kappa shape index (κ3) is 3.49. The molecule has 0 aliphatic carbocycles. The van der Waals surface area contributed by atoms with Crippen LogP contribution in [0.2, 0.25) is 5.02 Å². The van der Waals surface area contributed by atoms with Crippen LogP contribution in [0.1, 0.15) is 23.3 Å². The van der Waals surface area contributed by atoms with Gasteiger partial charge in [0.1, 0.15) is 0 Å². The van der Waals surface area contributed by atoms with E-state index in [1.165, 1.54) is 0 Å². The number of amides is 1. The molecule has 0 unspecified atom stereocenters. The Morgan fingerprint density at radius 1 is 1.12 bits per heavy atom. The molecule has 2 aliphatic heterocycles. The number of ether oxygens (including phenoxy) is 2. The SMILES string of the molecule is O=C(c1ccn(-c2ccccc2Cl)n1)N1CCOCC2(CCOCC2)C1. The number of hydrogen-bond donors (Lipinski definition) is 0. The van der Waals surface area contributed by atoms with Crippen molar-refractivity contribution < 1.29 is 14.3 Å². The standard InChI is InChI=1S/C19H22ClN3O3/c20-15-3-1-2-4-17(15)23-8-5-16(21-23)18(24)22-9-12-26-14-19(13-22)6-10-25-11-7-19/h1-5,8H,6-7,9-14H2. The molecule has 2 aliphatic rings. The molecule has 1 aromatic heterocycles. The average molecular weight is 376 g/mol. The van der Waals surface area contributed by atoms with Crippen LogP contribution in [0.4, 0.5) is 0 Å². The summed E-state index contributed by atoms with van der Waals surface area (Å²) in [5.74, 6) is -0.0628. The van der Waals surface area contributed by atoms with E-state index in [0.717, 1.165) is 31.7 Å². The number of nitrogens with zero attached hydrogens (tertiary/aromatic N) is 3. The van der Waals surface area contributed by atoms with Gasteiger partial charge in [0.15, 0.2) is 5.69 Å². The normalized spacial score (nSPS) is 20.1. The minimum Gasteiger partial charge on any atom is -0.381 e. The molecule has 2 aromatic rings. The Hall–Kier alpha value is -1.89. The monoisotopic (exact) mass is 375 g/mol. The highest BCUT2D eigenvalue weighted by molar-refractivity contribution is 6.32. The minimum atomic E-state index is -0.0628. The van der Waals surface area contributed by atoms with Crippen molar-refractivity contribution in [3.63, 3.8) is 0 Å². The van der Waals surface area contributed by atoms with Gasteiger partial charge in [0.25, 0.3) is 5.91 Å². The predicted molar refractivity (Wildman–Crippen MR) is 97.8 cm³/mol. The van der Waals surface area contributed by atoms with Gasteiger partial charge in [-0.1, -0.05) is 23.7 Å². The number of carbonyl (C=O) groups excluding carboxylic acids is 1. The largest absolute Gasteiger partial charge is 0.381 e. The van der Waals surface area contributed by atoms with E-state index in [1.807, 2.05) is 23.1 Å². The molecule has 1 aromatic carbocycles. The molecule has 138 valence electrons. The van der Waals surface area contributed by atoms with E-state index in [1.54, 1.807) is 23.0 Å². The van der Waals surface area contributed by atoms with Gasteiger partial charge in [0, 0.05) is 37.9 Å². The molecule has 26 heavy (non-hydrogen) atoms. The van der Waals surface area contributed by atoms with Crippen LogP contribution in [0.25, 0.3) is 5.69 Å². The van der Waals surface area contributed by atoms with E-state index in [-0.39, 0.29) is 11.3 Å². The summed E-state index contributed by atoms with van der Waals surface area (Å²) >= 11 is 6.23. The number of hydrogen-bond acceptors (Lipinski definition) is 4. The van der Waals surface area contributed by atoms with Crippen LogP contribution in [-0.4, -0.2) is 60.1 Å². The molecular weight excluding hydrogens is 354 g/mol. The van der Waals surface area contributed by atoms with Crippen molar-refractivity contribution in [2.75, 3.05) is 39.5 Å². The van der Waals surface area contributed by atoms with Gasteiger partial charge in [0.05, 0.1) is 23.9 Å². The summed E-state index contributed by atoms with van der Waals surface area (Å²) < 4.78 is 12.9. The fourth-order valence-electron chi connectivity index (χ4n) is 3.64. The van der Waals surface area contributed by atoms with E-state index < -0.39 is 0 Å². The summed E-state index contributed by atoms with van der Waals surface area (Å²) in [6.45, 7) is 3.97. The molecular formula is C19H22ClN3O3. The van der Waals surface area contributed by atoms with Crippen LogP contribution in [0.15, 0.2) is 36.5 Å². The zero-order chi connectivity index (χ0) is 18.0. The van der Waals surface area contributed by atoms with Crippen molar-refractivity contribution >= 4 is 17.5 Å². The quantitative estimate of drug-likeness (QED) is 0.810. The third-order valence-corrected chi connectivity index (χ3v) is 5.51. The van der Waals surface area contributed by atoms with Crippen molar-refractivity contribution in [2.45, 2.75) is 12.8 Å². The van der Waals surface area contributed by atoms with E-state index in [0.29, 0.717) is 37.0 Å². The zero-order valence-corrected chi connectivity index (χ0v) is 15.3. The highest BCUT2D eigenvalue weighted by Crippen LogP contribution is 2.33. The van der Waals surface area contributed by atoms with Crippen molar-refractivity contribution in [2.24, 2.45) is 5.41 Å². The zero-order valence-electron chi connectivity index (χ0n) is 14.6. The molecule has 7 heteroatoms. The summed E-state index contributed by atoms with van der Waals surface area (Å²) in [6, 6.07) is 9.19. The van der Waals surface area contributed by atoms with E-state index >= 15 is 0 Å². The molecule has 3 heterocycles. The molecule has 1 amide bonds. The topological polar surface area (TPSA) is 56.6 Å². The molecule has 2 fully saturated rings. The molecule has 6 nitrogen and oxygen atoms in total. The second kappa shape index (κ2) is 7.39. The van der Waals surface area contributed by atoms with Gasteiger partial charge in [-0.05, 0) is 31.0 Å². The van der Waals surface area contributed by atoms with Crippen LogP contribution in [-0.2, 0) is 9.47 Å². The fourth-order valence-corrected chi connectivity index (χ4v) is 3.87. The second-order valence-corrected chi connectivity index (χ2v) is 7.40. The summed E-state index contributed by atoms with van der Waals surface area (Å²) in [7, 11) is 0. The Kier molecular flexibility index (Phi) is 4.98. The number of rotatable bonds is 2. The Bertz CT molecular complexity index is 786. The highest BCUT2D eigenvalue weighted by atomic mass is 35.5. The number of aromatic nitrogens is 2. The Morgan fingerprint density at radius 2 is 1.92 bits per heavy atom. The molecule has 0 bridgehead atoms. The summed E-state index contributed by atoms with van der Waals surface area (Å²) in [4.78, 5) is 14.9. The van der Waals surface area contributed by atoms with Gasteiger partial charge in [0.2, 0.25) is 0 Å². The first kappa shape index (κ1) is 17.5. The minimum absolute atomic E-state index is 0.00425. The van der Waals surface area contributed by atoms with Crippen molar-refractivity contribution in [1.82, 2.24) is 14.7 Å². The Balaban J connectivity index is 1.54. The van der Waals surface area contributed by atoms with Crippen LogP contribution in [0.5, 0.6) is 0 Å². The second-order valence-electron chi connectivity index (χ2n) is 6.99. The number of halogens is 1. The molecule has 0 N–H and O–H groups in total. The van der Waals surface area contributed by atoms with Gasteiger partial charge in [-0.15, -0.1) is 0 Å². The predicted octanol–water partition coefficient (Wildman–Crippen LogP) is 2.79. The van der Waals surface area contributed by atoms with Crippen LogP contribution in [0.3, 0.4) is 0 Å². The highest BCUT2D eigenvalue weighted by Gasteiger charge is 2.38. The van der Waals surface area contributed by atoms with Crippen molar-refractivity contribution in [3.05, 3.63) is 47.2 Å². The third-order valence-electron chi connectivity index (χ3n) is 5.19. The maximum Gasteiger partial charge on any atom is 0.274 e. The first-order chi connectivity index (χ1) is 12.7. The lowest BCUT2D eigenvalue weighted by molar-refractivity contribution is -0.0304. The van der Waals surface area contributed by atoms with E-state index in [2.05, 4.69) is 5.10 Å². The van der Waals surface area contributed by atoms with Crippen LogP contribution in [0, 0.1) is 5.41 Å². The van der Waals surface area contributed by atoms with Crippen molar-refractivity contribution in [1.29, 1.82) is 0 Å². The molecule has 0 atom stereocenters. The first-order valence-corrected chi connectivity index (χ1v) is 9.30. The summed E-state index contributed by atoms with van der Waals surface area (Å²) in [5.41, 5.74) is 1.18. The molecule has 0 saturated carbocycles. The van der Waals surface area contributed by atoms with E-state index in [4.69, 9.17) is 21.1 Å². The molecule has 1 spiro atoms. The van der Waals surface area contributed by atoms with Gasteiger partial charge in [-0.3, -0.25) is 4.79 Å². The molecule has 4 rings (SSSR count). The number of carbonyl (C=O) groups is 1. The maximum absolute atomic E-state index is 13.0. The molecule has 2 saturated heterocycles. The summed E-state index contributed by atoms with van der Waals surface area (Å²) in [5, 5.41) is 5.05. The van der Waals surface area contributed by atoms with Crippen LogP contribution < -0.4 is 0 Å². The van der Waals surface area contributed by atoms with Gasteiger partial charge >= 0.3 is 0 Å². The maximum atomic E-state index is 13.0. The lowest BCUT2D eigenvalue weighted by Gasteiger charge is -2.38.